The molecule has 0 atom stereocenters. The molecule has 1 aromatic heterocycles. The molecule has 1 heterocycles. The average Bonchev–Trinajstić information content (AvgIpc) is 1.95. The van der Waals surface area contributed by atoms with Gasteiger partial charge in [0, 0.05) is 11.8 Å². The van der Waals surface area contributed by atoms with Crippen molar-refractivity contribution in [1.29, 1.82) is 0 Å². The average molecular weight is 139 g/mol. The van der Waals surface area contributed by atoms with Crippen molar-refractivity contribution in [2.45, 2.75) is 0 Å². The molecule has 0 aliphatic rings. The van der Waals surface area contributed by atoms with Crippen molar-refractivity contribution in [2.24, 2.45) is 0 Å². The van der Waals surface area contributed by atoms with E-state index in [1.54, 1.807) is 0 Å². The second-order valence-electron chi connectivity index (χ2n) is 1.74. The minimum Gasteiger partial charge on any atom is -0.503 e. The first-order chi connectivity index (χ1) is 4.75. The van der Waals surface area contributed by atoms with Gasteiger partial charge < -0.3 is 5.11 Å². The Morgan fingerprint density at radius 1 is 1.70 bits per heavy atom. The summed E-state index contributed by atoms with van der Waals surface area (Å²) in [7, 11) is 0. The van der Waals surface area contributed by atoms with Crippen molar-refractivity contribution in [2.75, 3.05) is 0 Å². The first-order valence-corrected chi connectivity index (χ1v) is 2.71. The van der Waals surface area contributed by atoms with Crippen molar-refractivity contribution in [1.82, 2.24) is 4.98 Å². The highest BCUT2D eigenvalue weighted by molar-refractivity contribution is 5.53. The summed E-state index contributed by atoms with van der Waals surface area (Å²) < 4.78 is 12.4. The summed E-state index contributed by atoms with van der Waals surface area (Å²) in [5.74, 6) is -1.31. The van der Waals surface area contributed by atoms with E-state index in [0.717, 1.165) is 0 Å². The molecular formula is C7H6FNO. The van der Waals surface area contributed by atoms with Gasteiger partial charge >= 0.3 is 0 Å². The molecule has 0 saturated heterocycles. The van der Waals surface area contributed by atoms with Crippen LogP contribution in [-0.2, 0) is 0 Å². The third-order valence-electron chi connectivity index (χ3n) is 1.13. The van der Waals surface area contributed by atoms with Gasteiger partial charge in [-0.05, 0) is 6.07 Å². The van der Waals surface area contributed by atoms with Crippen LogP contribution in [0, 0.1) is 5.95 Å². The topological polar surface area (TPSA) is 33.1 Å². The largest absolute Gasteiger partial charge is 0.503 e. The highest BCUT2D eigenvalue weighted by Gasteiger charge is 2.02. The van der Waals surface area contributed by atoms with E-state index < -0.39 is 11.7 Å². The minimum absolute atomic E-state index is 0.354. The zero-order valence-corrected chi connectivity index (χ0v) is 5.21. The van der Waals surface area contributed by atoms with E-state index in [1.807, 2.05) is 0 Å². The third kappa shape index (κ3) is 0.978. The monoisotopic (exact) mass is 139 g/mol. The Hall–Kier alpha value is -1.38. The van der Waals surface area contributed by atoms with Gasteiger partial charge in [-0.15, -0.1) is 0 Å². The van der Waals surface area contributed by atoms with Gasteiger partial charge in [0.05, 0.1) is 0 Å². The fourth-order valence-corrected chi connectivity index (χ4v) is 0.607. The molecule has 1 rings (SSSR count). The number of hydrogen-bond donors (Lipinski definition) is 1. The Morgan fingerprint density at radius 2 is 2.40 bits per heavy atom. The van der Waals surface area contributed by atoms with Crippen LogP contribution >= 0.6 is 0 Å². The summed E-state index contributed by atoms with van der Waals surface area (Å²) in [6.07, 6.45) is 2.63. The van der Waals surface area contributed by atoms with Crippen LogP contribution in [0.3, 0.4) is 0 Å². The van der Waals surface area contributed by atoms with Gasteiger partial charge in [-0.1, -0.05) is 12.7 Å². The predicted octanol–water partition coefficient (Wildman–Crippen LogP) is 1.57. The van der Waals surface area contributed by atoms with Crippen LogP contribution in [-0.4, -0.2) is 10.1 Å². The summed E-state index contributed by atoms with van der Waals surface area (Å²) in [5, 5.41) is 8.89. The Bertz CT molecular complexity index is 260. The van der Waals surface area contributed by atoms with Gasteiger partial charge in [-0.3, -0.25) is 0 Å². The number of aromatic hydroxyl groups is 1. The lowest BCUT2D eigenvalue weighted by molar-refractivity contribution is 0.418. The van der Waals surface area contributed by atoms with Crippen molar-refractivity contribution in [3.63, 3.8) is 0 Å². The van der Waals surface area contributed by atoms with E-state index in [4.69, 9.17) is 5.11 Å². The van der Waals surface area contributed by atoms with E-state index >= 15 is 0 Å². The molecule has 0 amide bonds. The molecule has 0 radical (unpaired) electrons. The number of rotatable bonds is 1. The standard InChI is InChI=1S/C7H6FNO/c1-2-5-3-4-9-7(8)6(5)10/h2-4,10H,1H2. The lowest BCUT2D eigenvalue weighted by Crippen LogP contribution is -1.84. The molecule has 0 bridgehead atoms. The molecule has 0 aliphatic heterocycles. The van der Waals surface area contributed by atoms with Crippen molar-refractivity contribution >= 4 is 6.08 Å². The zero-order valence-electron chi connectivity index (χ0n) is 5.21. The predicted molar refractivity (Wildman–Crippen MR) is 36.0 cm³/mol. The third-order valence-corrected chi connectivity index (χ3v) is 1.13. The van der Waals surface area contributed by atoms with Gasteiger partial charge in [0.1, 0.15) is 0 Å². The normalized spacial score (nSPS) is 9.30. The van der Waals surface area contributed by atoms with Crippen LogP contribution in [0.25, 0.3) is 6.08 Å². The number of pyridine rings is 1. The van der Waals surface area contributed by atoms with Gasteiger partial charge in [0.25, 0.3) is 5.95 Å². The first kappa shape index (κ1) is 6.74. The highest BCUT2D eigenvalue weighted by atomic mass is 19.1. The highest BCUT2D eigenvalue weighted by Crippen LogP contribution is 2.18. The van der Waals surface area contributed by atoms with Crippen LogP contribution < -0.4 is 0 Å². The molecule has 0 aliphatic carbocycles. The molecule has 0 spiro atoms. The second-order valence-corrected chi connectivity index (χ2v) is 1.74. The number of halogens is 1. The van der Waals surface area contributed by atoms with Gasteiger partial charge in [-0.2, -0.15) is 4.39 Å². The number of hydrogen-bond acceptors (Lipinski definition) is 2. The van der Waals surface area contributed by atoms with E-state index in [0.29, 0.717) is 5.56 Å². The molecule has 0 unspecified atom stereocenters. The molecule has 3 heteroatoms. The van der Waals surface area contributed by atoms with Gasteiger partial charge in [0.2, 0.25) is 0 Å². The van der Waals surface area contributed by atoms with Crippen molar-refractivity contribution in [3.05, 3.63) is 30.4 Å². The number of nitrogens with zero attached hydrogens (tertiary/aromatic N) is 1. The lowest BCUT2D eigenvalue weighted by Gasteiger charge is -1.96. The Morgan fingerprint density at radius 3 is 2.90 bits per heavy atom. The van der Waals surface area contributed by atoms with Crippen LogP contribution in [0.15, 0.2) is 18.8 Å². The summed E-state index contributed by atoms with van der Waals surface area (Å²) in [5.41, 5.74) is 0.354. The van der Waals surface area contributed by atoms with Crippen LogP contribution in [0.5, 0.6) is 5.75 Å². The molecular weight excluding hydrogens is 133 g/mol. The molecule has 2 nitrogen and oxygen atoms in total. The van der Waals surface area contributed by atoms with E-state index in [1.165, 1.54) is 18.3 Å². The summed E-state index contributed by atoms with van der Waals surface area (Å²) in [6, 6.07) is 1.48. The molecule has 52 valence electrons. The first-order valence-electron chi connectivity index (χ1n) is 2.71. The fraction of sp³-hybridized carbons (Fsp3) is 0. The van der Waals surface area contributed by atoms with E-state index in [9.17, 15) is 4.39 Å². The number of aromatic nitrogens is 1. The minimum atomic E-state index is -0.864. The summed E-state index contributed by atoms with van der Waals surface area (Å²) in [4.78, 5) is 3.22. The molecule has 0 aromatic carbocycles. The quantitative estimate of drug-likeness (QED) is 0.599. The van der Waals surface area contributed by atoms with Crippen LogP contribution in [0.4, 0.5) is 4.39 Å². The van der Waals surface area contributed by atoms with E-state index in [-0.39, 0.29) is 0 Å². The van der Waals surface area contributed by atoms with Crippen molar-refractivity contribution in [3.8, 4) is 5.75 Å². The second kappa shape index (κ2) is 2.47. The molecule has 10 heavy (non-hydrogen) atoms. The van der Waals surface area contributed by atoms with Crippen LogP contribution in [0.2, 0.25) is 0 Å². The smallest absolute Gasteiger partial charge is 0.255 e. The Kier molecular flexibility index (Phi) is 1.67. The SMILES string of the molecule is C=Cc1ccnc(F)c1O. The Balaban J connectivity index is 3.27. The summed E-state index contributed by atoms with van der Waals surface area (Å²) >= 11 is 0. The van der Waals surface area contributed by atoms with Crippen molar-refractivity contribution < 1.29 is 9.50 Å². The Labute approximate surface area is 57.7 Å². The molecule has 0 fully saturated rings. The van der Waals surface area contributed by atoms with Crippen LogP contribution in [0.1, 0.15) is 5.56 Å². The maximum absolute atomic E-state index is 12.4. The van der Waals surface area contributed by atoms with E-state index in [2.05, 4.69) is 11.6 Å². The van der Waals surface area contributed by atoms with Gasteiger partial charge in [0.15, 0.2) is 5.75 Å². The summed E-state index contributed by atoms with van der Waals surface area (Å²) in [6.45, 7) is 3.38. The van der Waals surface area contributed by atoms with Gasteiger partial charge in [-0.25, -0.2) is 4.98 Å². The lowest BCUT2D eigenvalue weighted by atomic mass is 10.2. The zero-order chi connectivity index (χ0) is 7.56. The maximum Gasteiger partial charge on any atom is 0.255 e. The fourth-order valence-electron chi connectivity index (χ4n) is 0.607. The maximum atomic E-state index is 12.4. The molecule has 1 aromatic rings. The molecule has 0 saturated carbocycles. The molecule has 1 N–H and O–H groups in total.